The van der Waals surface area contributed by atoms with Gasteiger partial charge in [0.1, 0.15) is 0 Å². The van der Waals surface area contributed by atoms with Crippen LogP contribution in [0.1, 0.15) is 0 Å². The first-order chi connectivity index (χ1) is 14.0. The zero-order chi connectivity index (χ0) is 20.7. The summed E-state index contributed by atoms with van der Waals surface area (Å²) in [5.41, 5.74) is 5.98. The Hall–Kier alpha value is -2.65. The fraction of sp³-hybridized carbons (Fsp3) is 0.286. The van der Waals surface area contributed by atoms with Crippen molar-refractivity contribution in [3.8, 4) is 0 Å². The summed E-state index contributed by atoms with van der Waals surface area (Å²) in [6.45, 7) is 1.67. The Morgan fingerprint density at radius 3 is 2.39 bits per heavy atom. The molecule has 4 rings (SSSR count). The van der Waals surface area contributed by atoms with Crippen molar-refractivity contribution in [3.05, 3.63) is 67.5 Å². The highest BCUT2D eigenvalue weighted by Gasteiger charge is 2.20. The molecule has 10 heteroatoms. The second-order valence-corrected chi connectivity index (χ2v) is 7.32. The summed E-state index contributed by atoms with van der Waals surface area (Å²) in [5.74, 6) is 0. The van der Waals surface area contributed by atoms with E-state index < -0.39 is 5.69 Å². The van der Waals surface area contributed by atoms with Gasteiger partial charge in [0.15, 0.2) is 5.43 Å². The molecule has 0 saturated carbocycles. The van der Waals surface area contributed by atoms with E-state index >= 15 is 0 Å². The molecule has 0 fully saturated rings. The molecule has 0 saturated heterocycles. The largest absolute Gasteiger partial charge is 0.383 e. The first-order valence-corrected chi connectivity index (χ1v) is 9.51. The maximum Gasteiger partial charge on any atom is 0.336 e. The molecule has 0 aliphatic rings. The van der Waals surface area contributed by atoms with Crippen molar-refractivity contribution in [3.63, 3.8) is 0 Å². The summed E-state index contributed by atoms with van der Waals surface area (Å²) in [6.07, 6.45) is 0. The number of halogens is 2. The summed E-state index contributed by atoms with van der Waals surface area (Å²) in [5, 5.41) is 4.26. The minimum atomic E-state index is -0.443. The van der Waals surface area contributed by atoms with Gasteiger partial charge in [0.05, 0.1) is 21.8 Å². The molecule has 0 atom stereocenters. The molecule has 0 radical (unpaired) electrons. The molecular weight excluding hydrogens is 441 g/mol. The Labute approximate surface area is 190 Å². The number of nitrogens with two attached hydrogens (primary N) is 1. The molecule has 0 aliphatic carbocycles. The third-order valence-electron chi connectivity index (χ3n) is 5.15. The Kier molecular flexibility index (Phi) is 7.67. The number of likely N-dealkylation sites (N-methyl/N-ethyl adjacent to an activating group) is 1. The van der Waals surface area contributed by atoms with E-state index in [1.807, 2.05) is 19.0 Å². The summed E-state index contributed by atoms with van der Waals surface area (Å²) in [7, 11) is 3.77. The Bertz CT molecular complexity index is 1400. The Morgan fingerprint density at radius 1 is 1.00 bits per heavy atom. The molecule has 2 aromatic carbocycles. The van der Waals surface area contributed by atoms with Gasteiger partial charge in [0, 0.05) is 37.3 Å². The number of benzene rings is 2. The van der Waals surface area contributed by atoms with Crippen molar-refractivity contribution in [1.29, 1.82) is 0 Å². The smallest absolute Gasteiger partial charge is 0.336 e. The van der Waals surface area contributed by atoms with Gasteiger partial charge in [0.25, 0.3) is 5.56 Å². The van der Waals surface area contributed by atoms with E-state index in [4.69, 9.17) is 5.73 Å². The Balaban J connectivity index is 0.00000171. The average molecular weight is 466 g/mol. The monoisotopic (exact) mass is 465 g/mol. The molecule has 3 N–H and O–H groups in total. The van der Waals surface area contributed by atoms with Crippen LogP contribution in [0.15, 0.2) is 50.8 Å². The normalized spacial score (nSPS) is 11.1. The van der Waals surface area contributed by atoms with Gasteiger partial charge in [-0.15, -0.1) is 24.8 Å². The lowest BCUT2D eigenvalue weighted by Gasteiger charge is -2.17. The van der Waals surface area contributed by atoms with E-state index in [0.717, 1.165) is 0 Å². The lowest BCUT2D eigenvalue weighted by molar-refractivity contribution is 0.376. The molecule has 166 valence electrons. The summed E-state index contributed by atoms with van der Waals surface area (Å²) in [4.78, 5) is 41.7. The van der Waals surface area contributed by atoms with Crippen LogP contribution in [0.3, 0.4) is 0 Å². The van der Waals surface area contributed by atoms with Crippen LogP contribution in [-0.2, 0) is 6.54 Å². The number of rotatable bonds is 6. The number of pyridine rings is 1. The van der Waals surface area contributed by atoms with Crippen LogP contribution in [0.25, 0.3) is 27.2 Å². The molecule has 0 bridgehead atoms. The first-order valence-electron chi connectivity index (χ1n) is 9.51. The lowest BCUT2D eigenvalue weighted by atomic mass is 10.1. The van der Waals surface area contributed by atoms with Crippen LogP contribution >= 0.6 is 24.8 Å². The van der Waals surface area contributed by atoms with Crippen LogP contribution in [-0.4, -0.2) is 47.6 Å². The summed E-state index contributed by atoms with van der Waals surface area (Å²) >= 11 is 0. The molecule has 4 aromatic rings. The number of anilines is 1. The fourth-order valence-electron chi connectivity index (χ4n) is 3.74. The highest BCUT2D eigenvalue weighted by Crippen LogP contribution is 2.26. The van der Waals surface area contributed by atoms with E-state index in [2.05, 4.69) is 5.32 Å². The van der Waals surface area contributed by atoms with Crippen molar-refractivity contribution < 1.29 is 0 Å². The topological polar surface area (TPSA) is 102 Å². The van der Waals surface area contributed by atoms with Gasteiger partial charge in [0.2, 0.25) is 0 Å². The maximum atomic E-state index is 13.4. The molecule has 0 spiro atoms. The molecule has 2 aromatic heterocycles. The zero-order valence-electron chi connectivity index (χ0n) is 17.3. The standard InChI is InChI=1S/C21H23N5O3.2ClH/c1-24(2)11-12-25-20(28)14-7-8-15(23-10-9-22)17-18(14)26(21(25)29)16-6-4-3-5-13(16)19(17)27;;/h3-8,23H,9-12,22H2,1-2H3;2*1H. The molecular formula is C21H25Cl2N5O3. The first kappa shape index (κ1) is 24.6. The van der Waals surface area contributed by atoms with Gasteiger partial charge in [-0.1, -0.05) is 12.1 Å². The maximum absolute atomic E-state index is 13.4. The highest BCUT2D eigenvalue weighted by atomic mass is 35.5. The van der Waals surface area contributed by atoms with E-state index in [1.54, 1.807) is 36.4 Å². The number of aromatic nitrogens is 2. The van der Waals surface area contributed by atoms with Crippen molar-refractivity contribution in [2.75, 3.05) is 39.0 Å². The van der Waals surface area contributed by atoms with Crippen LogP contribution < -0.4 is 27.7 Å². The quantitative estimate of drug-likeness (QED) is 0.329. The second-order valence-electron chi connectivity index (χ2n) is 7.32. The third kappa shape index (κ3) is 3.99. The van der Waals surface area contributed by atoms with Crippen molar-refractivity contribution in [1.82, 2.24) is 13.9 Å². The highest BCUT2D eigenvalue weighted by molar-refractivity contribution is 6.07. The molecule has 2 heterocycles. The minimum absolute atomic E-state index is 0. The lowest BCUT2D eigenvalue weighted by Crippen LogP contribution is -2.40. The van der Waals surface area contributed by atoms with E-state index in [0.29, 0.717) is 52.5 Å². The summed E-state index contributed by atoms with van der Waals surface area (Å²) in [6, 6.07) is 10.4. The zero-order valence-corrected chi connectivity index (χ0v) is 18.9. The van der Waals surface area contributed by atoms with Crippen molar-refractivity contribution in [2.45, 2.75) is 6.54 Å². The number of nitrogens with one attached hydrogen (secondary N) is 1. The molecule has 0 amide bonds. The van der Waals surface area contributed by atoms with Crippen LogP contribution in [0.5, 0.6) is 0 Å². The molecule has 31 heavy (non-hydrogen) atoms. The van der Waals surface area contributed by atoms with Gasteiger partial charge in [-0.3, -0.25) is 18.6 Å². The summed E-state index contributed by atoms with van der Waals surface area (Å²) < 4.78 is 2.73. The van der Waals surface area contributed by atoms with E-state index in [9.17, 15) is 14.4 Å². The number of hydrogen-bond donors (Lipinski definition) is 2. The second kappa shape index (κ2) is 9.65. The van der Waals surface area contributed by atoms with Gasteiger partial charge in [-0.25, -0.2) is 4.79 Å². The number of para-hydroxylation sites is 1. The van der Waals surface area contributed by atoms with E-state index in [1.165, 1.54) is 8.97 Å². The predicted octanol–water partition coefficient (Wildman–Crippen LogP) is 1.34. The number of hydrogen-bond acceptors (Lipinski definition) is 6. The van der Waals surface area contributed by atoms with Gasteiger partial charge in [-0.2, -0.15) is 0 Å². The van der Waals surface area contributed by atoms with Crippen LogP contribution in [0.2, 0.25) is 0 Å². The van der Waals surface area contributed by atoms with E-state index in [-0.39, 0.29) is 42.3 Å². The molecule has 8 nitrogen and oxygen atoms in total. The van der Waals surface area contributed by atoms with Gasteiger partial charge < -0.3 is 16.0 Å². The SMILES string of the molecule is CN(C)CCn1c(=O)c2ccc(NCCN)c3c(=O)c4ccccc4n(c1=O)c23.Cl.Cl. The van der Waals surface area contributed by atoms with Crippen molar-refractivity contribution >= 4 is 57.7 Å². The predicted molar refractivity (Wildman–Crippen MR) is 131 cm³/mol. The third-order valence-corrected chi connectivity index (χ3v) is 5.15. The minimum Gasteiger partial charge on any atom is -0.383 e. The van der Waals surface area contributed by atoms with Crippen LogP contribution in [0, 0.1) is 0 Å². The molecule has 0 aliphatic heterocycles. The fourth-order valence-corrected chi connectivity index (χ4v) is 3.74. The molecule has 0 unspecified atom stereocenters. The number of fused-ring (bicyclic) bond motifs is 2. The van der Waals surface area contributed by atoms with Gasteiger partial charge in [-0.05, 0) is 38.4 Å². The average Bonchev–Trinajstić information content (AvgIpc) is 2.71. The number of nitrogens with zero attached hydrogens (tertiary/aromatic N) is 3. The van der Waals surface area contributed by atoms with Gasteiger partial charge >= 0.3 is 5.69 Å². The Morgan fingerprint density at radius 2 is 1.71 bits per heavy atom. The van der Waals surface area contributed by atoms with Crippen LogP contribution in [0.4, 0.5) is 5.69 Å². The van der Waals surface area contributed by atoms with Crippen molar-refractivity contribution in [2.24, 2.45) is 5.73 Å².